The van der Waals surface area contributed by atoms with Crippen molar-refractivity contribution in [3.05, 3.63) is 18.5 Å². The number of hydrogen-bond donors (Lipinski definition) is 2. The average molecular weight is 192 g/mol. The summed E-state index contributed by atoms with van der Waals surface area (Å²) in [6.45, 7) is 1.56. The van der Waals surface area contributed by atoms with Crippen molar-refractivity contribution in [2.75, 3.05) is 29.9 Å². The van der Waals surface area contributed by atoms with Crippen molar-refractivity contribution in [2.24, 2.45) is 5.73 Å². The molecule has 0 spiro atoms. The summed E-state index contributed by atoms with van der Waals surface area (Å²) < 4.78 is 0. The van der Waals surface area contributed by atoms with Crippen LogP contribution in [0.4, 0.5) is 11.4 Å². The second-order valence-electron chi connectivity index (χ2n) is 3.15. The summed E-state index contributed by atoms with van der Waals surface area (Å²) in [5, 5.41) is 2.79. The Morgan fingerprint density at radius 1 is 1.64 bits per heavy atom. The van der Waals surface area contributed by atoms with Gasteiger partial charge in [0.1, 0.15) is 0 Å². The van der Waals surface area contributed by atoms with Crippen LogP contribution in [0.25, 0.3) is 0 Å². The highest BCUT2D eigenvalue weighted by molar-refractivity contribution is 6.00. The number of nitrogens with one attached hydrogen (secondary N) is 1. The predicted molar refractivity (Wildman–Crippen MR) is 54.1 cm³/mol. The zero-order valence-electron chi connectivity index (χ0n) is 7.73. The van der Waals surface area contributed by atoms with Gasteiger partial charge in [0.15, 0.2) is 0 Å². The minimum Gasteiger partial charge on any atom is -0.358 e. The zero-order valence-corrected chi connectivity index (χ0v) is 7.73. The van der Waals surface area contributed by atoms with Crippen molar-refractivity contribution in [3.8, 4) is 0 Å². The molecular weight excluding hydrogens is 180 g/mol. The Morgan fingerprint density at radius 3 is 3.29 bits per heavy atom. The highest BCUT2D eigenvalue weighted by Crippen LogP contribution is 2.26. The molecule has 74 valence electrons. The van der Waals surface area contributed by atoms with E-state index >= 15 is 0 Å². The van der Waals surface area contributed by atoms with Gasteiger partial charge in [-0.15, -0.1) is 0 Å². The Labute approximate surface area is 81.9 Å². The van der Waals surface area contributed by atoms with Gasteiger partial charge < -0.3 is 16.0 Å². The van der Waals surface area contributed by atoms with Crippen molar-refractivity contribution < 1.29 is 4.79 Å². The van der Waals surface area contributed by atoms with Crippen LogP contribution >= 0.6 is 0 Å². The molecule has 0 fully saturated rings. The maximum absolute atomic E-state index is 11.3. The van der Waals surface area contributed by atoms with E-state index in [1.807, 2.05) is 4.90 Å². The van der Waals surface area contributed by atoms with Crippen LogP contribution in [-0.2, 0) is 4.79 Å². The molecule has 1 aromatic heterocycles. The van der Waals surface area contributed by atoms with Crippen molar-refractivity contribution in [3.63, 3.8) is 0 Å². The van der Waals surface area contributed by atoms with Crippen LogP contribution < -0.4 is 16.0 Å². The summed E-state index contributed by atoms with van der Waals surface area (Å²) in [7, 11) is 0. The average Bonchev–Trinajstić information content (AvgIpc) is 2.18. The second kappa shape index (κ2) is 3.63. The normalized spacial score (nSPS) is 14.9. The summed E-state index contributed by atoms with van der Waals surface area (Å²) >= 11 is 0. The van der Waals surface area contributed by atoms with Gasteiger partial charge in [0.2, 0.25) is 5.91 Å². The highest BCUT2D eigenvalue weighted by Gasteiger charge is 2.20. The van der Waals surface area contributed by atoms with Gasteiger partial charge in [0.25, 0.3) is 0 Å². The Kier molecular flexibility index (Phi) is 2.32. The lowest BCUT2D eigenvalue weighted by Gasteiger charge is -2.29. The Balaban J connectivity index is 2.33. The summed E-state index contributed by atoms with van der Waals surface area (Å²) in [6, 6.07) is 1.79. The molecule has 1 amide bonds. The van der Waals surface area contributed by atoms with Gasteiger partial charge in [-0.3, -0.25) is 9.78 Å². The quantitative estimate of drug-likeness (QED) is 0.680. The molecule has 0 aliphatic carbocycles. The van der Waals surface area contributed by atoms with Crippen molar-refractivity contribution >= 4 is 17.3 Å². The number of fused-ring (bicyclic) bond motifs is 1. The van der Waals surface area contributed by atoms with Crippen LogP contribution in [0.5, 0.6) is 0 Å². The predicted octanol–water partition coefficient (Wildman–Crippen LogP) is -0.201. The molecule has 5 nitrogen and oxygen atoms in total. The standard InChI is InChI=1S/C9H12N4O/c10-2-4-13-6-9(14)12-7-1-3-11-5-8(7)13/h1,3,5H,2,4,6,10H2,(H,12,14). The fourth-order valence-electron chi connectivity index (χ4n) is 1.55. The number of amides is 1. The smallest absolute Gasteiger partial charge is 0.243 e. The number of aromatic nitrogens is 1. The molecule has 3 N–H and O–H groups in total. The van der Waals surface area contributed by atoms with Crippen LogP contribution in [0.1, 0.15) is 0 Å². The molecule has 1 aliphatic heterocycles. The molecule has 0 unspecified atom stereocenters. The number of hydrogen-bond acceptors (Lipinski definition) is 4. The van der Waals surface area contributed by atoms with E-state index in [2.05, 4.69) is 10.3 Å². The topological polar surface area (TPSA) is 71.2 Å². The molecule has 14 heavy (non-hydrogen) atoms. The SMILES string of the molecule is NCCN1CC(=O)Nc2ccncc21. The summed E-state index contributed by atoms with van der Waals surface area (Å²) in [6.07, 6.45) is 3.40. The van der Waals surface area contributed by atoms with E-state index in [1.54, 1.807) is 18.5 Å². The van der Waals surface area contributed by atoms with E-state index in [0.717, 1.165) is 11.4 Å². The first-order chi connectivity index (χ1) is 6.81. The van der Waals surface area contributed by atoms with Gasteiger partial charge in [-0.1, -0.05) is 0 Å². The molecule has 0 bridgehead atoms. The van der Waals surface area contributed by atoms with Crippen LogP contribution in [-0.4, -0.2) is 30.5 Å². The van der Waals surface area contributed by atoms with E-state index < -0.39 is 0 Å². The molecule has 2 heterocycles. The fourth-order valence-corrected chi connectivity index (χ4v) is 1.55. The van der Waals surface area contributed by atoms with Crippen molar-refractivity contribution in [2.45, 2.75) is 0 Å². The van der Waals surface area contributed by atoms with Crippen molar-refractivity contribution in [1.82, 2.24) is 4.98 Å². The molecule has 0 saturated carbocycles. The molecule has 0 atom stereocenters. The van der Waals surface area contributed by atoms with E-state index in [4.69, 9.17) is 5.73 Å². The molecular formula is C9H12N4O. The van der Waals surface area contributed by atoms with Gasteiger partial charge in [0.05, 0.1) is 24.1 Å². The van der Waals surface area contributed by atoms with Gasteiger partial charge in [-0.05, 0) is 6.07 Å². The minimum absolute atomic E-state index is 0.00264. The van der Waals surface area contributed by atoms with E-state index in [9.17, 15) is 4.79 Å². The van der Waals surface area contributed by atoms with Crippen LogP contribution in [0.15, 0.2) is 18.5 Å². The van der Waals surface area contributed by atoms with Crippen LogP contribution in [0.2, 0.25) is 0 Å². The lowest BCUT2D eigenvalue weighted by molar-refractivity contribution is -0.115. The minimum atomic E-state index is -0.00264. The molecule has 1 aliphatic rings. The maximum Gasteiger partial charge on any atom is 0.243 e. The van der Waals surface area contributed by atoms with E-state index in [1.165, 1.54) is 0 Å². The lowest BCUT2D eigenvalue weighted by atomic mass is 10.2. The number of rotatable bonds is 2. The first-order valence-corrected chi connectivity index (χ1v) is 4.50. The van der Waals surface area contributed by atoms with Gasteiger partial charge in [-0.25, -0.2) is 0 Å². The number of pyridine rings is 1. The number of nitrogens with two attached hydrogens (primary N) is 1. The Bertz CT molecular complexity index is 352. The second-order valence-corrected chi connectivity index (χ2v) is 3.15. The number of carbonyl (C=O) groups is 1. The molecule has 2 rings (SSSR count). The van der Waals surface area contributed by atoms with Gasteiger partial charge in [0, 0.05) is 19.3 Å². The summed E-state index contributed by atoms with van der Waals surface area (Å²) in [4.78, 5) is 17.3. The third-order valence-corrected chi connectivity index (χ3v) is 2.15. The number of anilines is 2. The molecule has 5 heteroatoms. The fraction of sp³-hybridized carbons (Fsp3) is 0.333. The molecule has 0 radical (unpaired) electrons. The molecule has 0 aromatic carbocycles. The van der Waals surface area contributed by atoms with E-state index in [0.29, 0.717) is 19.6 Å². The monoisotopic (exact) mass is 192 g/mol. The third-order valence-electron chi connectivity index (χ3n) is 2.15. The molecule has 1 aromatic rings. The summed E-state index contributed by atoms with van der Waals surface area (Å²) in [5.41, 5.74) is 7.22. The van der Waals surface area contributed by atoms with E-state index in [-0.39, 0.29) is 5.91 Å². The number of carbonyl (C=O) groups excluding carboxylic acids is 1. The Hall–Kier alpha value is -1.62. The van der Waals surface area contributed by atoms with Gasteiger partial charge in [-0.2, -0.15) is 0 Å². The maximum atomic E-state index is 11.3. The first-order valence-electron chi connectivity index (χ1n) is 4.50. The first kappa shape index (κ1) is 8.96. The largest absolute Gasteiger partial charge is 0.358 e. The zero-order chi connectivity index (χ0) is 9.97. The number of nitrogens with zero attached hydrogens (tertiary/aromatic N) is 2. The highest BCUT2D eigenvalue weighted by atomic mass is 16.2. The molecule has 0 saturated heterocycles. The lowest BCUT2D eigenvalue weighted by Crippen LogP contribution is -2.40. The van der Waals surface area contributed by atoms with Crippen LogP contribution in [0.3, 0.4) is 0 Å². The van der Waals surface area contributed by atoms with Gasteiger partial charge >= 0.3 is 0 Å². The Morgan fingerprint density at radius 2 is 2.50 bits per heavy atom. The van der Waals surface area contributed by atoms with Crippen LogP contribution in [0, 0.1) is 0 Å². The van der Waals surface area contributed by atoms with Crippen molar-refractivity contribution in [1.29, 1.82) is 0 Å². The summed E-state index contributed by atoms with van der Waals surface area (Å²) in [5.74, 6) is -0.00264. The third kappa shape index (κ3) is 1.54.